The van der Waals surface area contributed by atoms with Crippen molar-refractivity contribution in [2.24, 2.45) is 0 Å². The van der Waals surface area contributed by atoms with Gasteiger partial charge in [0, 0.05) is 6.61 Å². The van der Waals surface area contributed by atoms with Gasteiger partial charge in [0.2, 0.25) is 5.24 Å². The van der Waals surface area contributed by atoms with Crippen molar-refractivity contribution in [3.05, 3.63) is 28.8 Å². The second-order valence-corrected chi connectivity index (χ2v) is 8.47. The summed E-state index contributed by atoms with van der Waals surface area (Å²) in [6.45, 7) is 13.1. The van der Waals surface area contributed by atoms with Crippen molar-refractivity contribution in [3.63, 3.8) is 0 Å². The predicted molar refractivity (Wildman–Crippen MR) is 95.5 cm³/mol. The Bertz CT molecular complexity index is 516. The van der Waals surface area contributed by atoms with E-state index in [1.807, 2.05) is 0 Å². The summed E-state index contributed by atoms with van der Waals surface area (Å²) >= 11 is 5.24. The molecule has 0 atom stereocenters. The molecule has 0 unspecified atom stereocenters. The summed E-state index contributed by atoms with van der Waals surface area (Å²) in [5.41, 5.74) is 2.87. The van der Waals surface area contributed by atoms with Gasteiger partial charge in [-0.05, 0) is 52.0 Å². The molecule has 0 aromatic heterocycles. The lowest BCUT2D eigenvalue weighted by molar-refractivity contribution is -0.115. The van der Waals surface area contributed by atoms with E-state index in [-0.39, 0.29) is 17.4 Å². The minimum absolute atomic E-state index is 0.0440. The van der Waals surface area contributed by atoms with Crippen LogP contribution in [0.15, 0.2) is 12.1 Å². The van der Waals surface area contributed by atoms with Crippen LogP contribution in [0.1, 0.15) is 64.7 Å². The molecule has 1 rings (SSSR count). The number of halogens is 1. The fourth-order valence-electron chi connectivity index (χ4n) is 2.51. The van der Waals surface area contributed by atoms with E-state index >= 15 is 0 Å². The van der Waals surface area contributed by atoms with Crippen molar-refractivity contribution in [2.45, 2.75) is 65.2 Å². The van der Waals surface area contributed by atoms with Crippen molar-refractivity contribution < 1.29 is 14.6 Å². The second-order valence-electron chi connectivity index (χ2n) is 8.05. The lowest BCUT2D eigenvalue weighted by atomic mass is 9.78. The molecule has 1 N–H and O–H groups in total. The highest BCUT2D eigenvalue weighted by molar-refractivity contribution is 6.63. The summed E-state index contributed by atoms with van der Waals surface area (Å²) in [4.78, 5) is 10.6. The van der Waals surface area contributed by atoms with Crippen LogP contribution in [0, 0.1) is 0 Å². The van der Waals surface area contributed by atoms with Gasteiger partial charge in [-0.2, -0.15) is 0 Å². The molecular weight excluding hydrogens is 312 g/mol. The molecular formula is C19H29ClO3. The largest absolute Gasteiger partial charge is 0.507 e. The summed E-state index contributed by atoms with van der Waals surface area (Å²) in [5, 5.41) is 10.2. The van der Waals surface area contributed by atoms with Crippen LogP contribution in [0.4, 0.5) is 0 Å². The van der Waals surface area contributed by atoms with Gasteiger partial charge in [0.05, 0.1) is 0 Å². The number of rotatable bonds is 6. The molecule has 130 valence electrons. The molecule has 0 fully saturated rings. The number of phenols is 1. The Morgan fingerprint density at radius 1 is 1.09 bits per heavy atom. The molecule has 0 aliphatic heterocycles. The molecule has 1 aromatic carbocycles. The van der Waals surface area contributed by atoms with E-state index in [4.69, 9.17) is 16.3 Å². The van der Waals surface area contributed by atoms with Gasteiger partial charge in [-0.3, -0.25) is 4.79 Å². The number of ether oxygens (including phenoxy) is 1. The van der Waals surface area contributed by atoms with Crippen LogP contribution in [0.5, 0.6) is 5.75 Å². The quantitative estimate of drug-likeness (QED) is 0.603. The Kier molecular flexibility index (Phi) is 6.67. The van der Waals surface area contributed by atoms with Gasteiger partial charge in [-0.25, -0.2) is 0 Å². The van der Waals surface area contributed by atoms with Crippen LogP contribution in [0.3, 0.4) is 0 Å². The topological polar surface area (TPSA) is 46.5 Å². The summed E-state index contributed by atoms with van der Waals surface area (Å²) < 4.78 is 5.20. The Labute approximate surface area is 145 Å². The third kappa shape index (κ3) is 6.15. The van der Waals surface area contributed by atoms with Crippen molar-refractivity contribution in [1.29, 1.82) is 0 Å². The van der Waals surface area contributed by atoms with Crippen molar-refractivity contribution in [2.75, 3.05) is 13.2 Å². The molecule has 0 spiro atoms. The fourth-order valence-corrected chi connectivity index (χ4v) is 2.59. The molecule has 0 aliphatic rings. The predicted octanol–water partition coefficient (Wildman–Crippen LogP) is 4.70. The number of hydrogen-bond donors (Lipinski definition) is 1. The Morgan fingerprint density at radius 3 is 1.96 bits per heavy atom. The molecule has 1 aromatic rings. The first-order valence-electron chi connectivity index (χ1n) is 8.06. The number of carbonyl (C=O) groups excluding carboxylic acids is 1. The number of aryl methyl sites for hydroxylation is 1. The van der Waals surface area contributed by atoms with Crippen LogP contribution in [-0.4, -0.2) is 23.6 Å². The Morgan fingerprint density at radius 2 is 1.57 bits per heavy atom. The van der Waals surface area contributed by atoms with E-state index in [9.17, 15) is 9.90 Å². The maximum Gasteiger partial charge on any atom is 0.247 e. The molecule has 0 heterocycles. The highest BCUT2D eigenvalue weighted by atomic mass is 35.5. The van der Waals surface area contributed by atoms with E-state index < -0.39 is 5.24 Å². The number of aromatic hydroxyl groups is 1. The Hall–Kier alpha value is -1.06. The van der Waals surface area contributed by atoms with Gasteiger partial charge < -0.3 is 9.84 Å². The van der Waals surface area contributed by atoms with Gasteiger partial charge in [-0.15, -0.1) is 0 Å². The maximum absolute atomic E-state index is 10.7. The highest BCUT2D eigenvalue weighted by Crippen LogP contribution is 2.39. The van der Waals surface area contributed by atoms with Gasteiger partial charge in [0.25, 0.3) is 0 Å². The summed E-state index contributed by atoms with van der Waals surface area (Å²) in [6.07, 6.45) is 1.64. The molecule has 0 saturated carbocycles. The molecule has 3 nitrogen and oxygen atoms in total. The summed E-state index contributed by atoms with van der Waals surface area (Å²) in [6, 6.07) is 4.16. The van der Waals surface area contributed by atoms with Gasteiger partial charge >= 0.3 is 0 Å². The first-order valence-corrected chi connectivity index (χ1v) is 8.43. The van der Waals surface area contributed by atoms with E-state index in [1.165, 1.54) is 5.56 Å². The fraction of sp³-hybridized carbons (Fsp3) is 0.632. The van der Waals surface area contributed by atoms with Crippen LogP contribution in [-0.2, 0) is 26.8 Å². The smallest absolute Gasteiger partial charge is 0.247 e. The summed E-state index contributed by atoms with van der Waals surface area (Å²) in [7, 11) is 0. The van der Waals surface area contributed by atoms with Gasteiger partial charge in [0.15, 0.2) is 0 Å². The Balaban J connectivity index is 2.98. The van der Waals surface area contributed by atoms with E-state index in [0.29, 0.717) is 12.4 Å². The van der Waals surface area contributed by atoms with Crippen LogP contribution < -0.4 is 0 Å². The number of carbonyl (C=O) groups is 1. The maximum atomic E-state index is 10.7. The average molecular weight is 341 g/mol. The monoisotopic (exact) mass is 340 g/mol. The third-order valence-corrected chi connectivity index (χ3v) is 3.86. The van der Waals surface area contributed by atoms with Crippen molar-refractivity contribution in [3.8, 4) is 5.75 Å². The molecule has 4 heteroatoms. The minimum Gasteiger partial charge on any atom is -0.507 e. The number of benzene rings is 1. The zero-order valence-corrected chi connectivity index (χ0v) is 15.9. The molecule has 0 amide bonds. The normalized spacial score (nSPS) is 12.5. The zero-order valence-electron chi connectivity index (χ0n) is 15.1. The second kappa shape index (κ2) is 7.67. The van der Waals surface area contributed by atoms with Crippen LogP contribution in [0.2, 0.25) is 0 Å². The van der Waals surface area contributed by atoms with E-state index in [0.717, 1.165) is 24.0 Å². The standard InChI is InChI=1S/C19H29ClO3/c1-18(2,3)14-10-13(8-7-9-23-12-16(20)21)11-15(17(14)22)19(4,5)6/h10-11,22H,7-9,12H2,1-6H3. The minimum atomic E-state index is -0.473. The summed E-state index contributed by atoms with van der Waals surface area (Å²) in [5.74, 6) is 0.401. The molecule has 0 saturated heterocycles. The molecule has 0 radical (unpaired) electrons. The molecule has 23 heavy (non-hydrogen) atoms. The van der Waals surface area contributed by atoms with Crippen molar-refractivity contribution in [1.82, 2.24) is 0 Å². The molecule has 0 aliphatic carbocycles. The van der Waals surface area contributed by atoms with Crippen LogP contribution in [0.25, 0.3) is 0 Å². The van der Waals surface area contributed by atoms with Gasteiger partial charge in [0.1, 0.15) is 12.4 Å². The first kappa shape index (κ1) is 20.0. The van der Waals surface area contributed by atoms with Crippen molar-refractivity contribution >= 4 is 16.8 Å². The van der Waals surface area contributed by atoms with Crippen LogP contribution >= 0.6 is 11.6 Å². The first-order chi connectivity index (χ1) is 10.4. The van der Waals surface area contributed by atoms with E-state index in [2.05, 4.69) is 53.7 Å². The lowest BCUT2D eigenvalue weighted by Gasteiger charge is -2.28. The van der Waals surface area contributed by atoms with Gasteiger partial charge in [-0.1, -0.05) is 53.7 Å². The zero-order chi connectivity index (χ0) is 17.8. The number of phenolic OH excluding ortho intramolecular Hbond substituents is 1. The van der Waals surface area contributed by atoms with E-state index in [1.54, 1.807) is 0 Å². The molecule has 0 bridgehead atoms. The lowest BCUT2D eigenvalue weighted by Crippen LogP contribution is -2.18. The highest BCUT2D eigenvalue weighted by Gasteiger charge is 2.26. The average Bonchev–Trinajstić information content (AvgIpc) is 2.36. The number of hydrogen-bond acceptors (Lipinski definition) is 3. The SMILES string of the molecule is CC(C)(C)c1cc(CCCOCC(=O)Cl)cc(C(C)(C)C)c1O. The third-order valence-electron chi connectivity index (χ3n) is 3.76.